The third-order valence-electron chi connectivity index (χ3n) is 5.39. The number of carbonyl (C=O) groups is 2. The van der Waals surface area contributed by atoms with Gasteiger partial charge >= 0.3 is 0 Å². The van der Waals surface area contributed by atoms with Crippen LogP contribution >= 0.6 is 22.9 Å². The maximum Gasteiger partial charge on any atom is 0.264 e. The van der Waals surface area contributed by atoms with Gasteiger partial charge in [0.2, 0.25) is 0 Å². The fourth-order valence-electron chi connectivity index (χ4n) is 3.44. The van der Waals surface area contributed by atoms with Crippen molar-refractivity contribution in [2.24, 2.45) is 0 Å². The molecule has 1 aromatic heterocycles. The molecule has 0 radical (unpaired) electrons. The Labute approximate surface area is 198 Å². The minimum Gasteiger partial charge on any atom is -0.377 e. The second-order valence-electron chi connectivity index (χ2n) is 7.84. The summed E-state index contributed by atoms with van der Waals surface area (Å²) in [5.41, 5.74) is 3.02. The summed E-state index contributed by atoms with van der Waals surface area (Å²) in [6, 6.07) is 16.5. The first-order valence-electron chi connectivity index (χ1n) is 10.5. The fourth-order valence-corrected chi connectivity index (χ4v) is 4.34. The number of hydrogen-bond acceptors (Lipinski definition) is 4. The fraction of sp³-hybridized carbons (Fsp3) is 0.280. The molecule has 0 saturated carbocycles. The van der Waals surface area contributed by atoms with Gasteiger partial charge in [0.15, 0.2) is 0 Å². The molecule has 2 amide bonds. The van der Waals surface area contributed by atoms with E-state index in [0.29, 0.717) is 22.8 Å². The van der Waals surface area contributed by atoms with E-state index in [1.54, 1.807) is 24.3 Å². The maximum atomic E-state index is 13.2. The Balaban J connectivity index is 1.92. The average Bonchev–Trinajstić information content (AvgIpc) is 3.31. The predicted octanol–water partition coefficient (Wildman–Crippen LogP) is 6.16. The van der Waals surface area contributed by atoms with Crippen molar-refractivity contribution in [3.63, 3.8) is 0 Å². The number of thiophene rings is 1. The Kier molecular flexibility index (Phi) is 7.94. The van der Waals surface area contributed by atoms with Gasteiger partial charge in [0, 0.05) is 38.1 Å². The minimum absolute atomic E-state index is 0.0181. The van der Waals surface area contributed by atoms with Gasteiger partial charge in [-0.05, 0) is 60.7 Å². The molecule has 0 fully saturated rings. The van der Waals surface area contributed by atoms with Crippen LogP contribution < -0.4 is 10.2 Å². The number of rotatable bonds is 8. The van der Waals surface area contributed by atoms with Crippen LogP contribution in [0, 0.1) is 0 Å². The first-order valence-corrected chi connectivity index (χ1v) is 11.8. The first kappa shape index (κ1) is 23.8. The Morgan fingerprint density at radius 3 is 2.47 bits per heavy atom. The van der Waals surface area contributed by atoms with E-state index >= 15 is 0 Å². The van der Waals surface area contributed by atoms with Crippen molar-refractivity contribution in [3.8, 4) is 0 Å². The molecule has 7 heteroatoms. The van der Waals surface area contributed by atoms with Crippen molar-refractivity contribution in [1.82, 2.24) is 4.90 Å². The lowest BCUT2D eigenvalue weighted by Gasteiger charge is -2.30. The highest BCUT2D eigenvalue weighted by atomic mass is 35.5. The van der Waals surface area contributed by atoms with Gasteiger partial charge in [0.25, 0.3) is 11.8 Å². The van der Waals surface area contributed by atoms with E-state index in [9.17, 15) is 9.59 Å². The highest BCUT2D eigenvalue weighted by Crippen LogP contribution is 2.28. The molecule has 168 valence electrons. The van der Waals surface area contributed by atoms with Crippen molar-refractivity contribution in [1.29, 1.82) is 0 Å². The monoisotopic (exact) mass is 469 g/mol. The zero-order valence-corrected chi connectivity index (χ0v) is 20.3. The van der Waals surface area contributed by atoms with Crippen LogP contribution in [0.5, 0.6) is 0 Å². The molecule has 0 aliphatic rings. The second kappa shape index (κ2) is 10.7. The van der Waals surface area contributed by atoms with Crippen molar-refractivity contribution in [2.45, 2.75) is 32.9 Å². The molecular formula is C25H28ClN3O2S. The molecular weight excluding hydrogens is 442 g/mol. The molecule has 0 aliphatic carbocycles. The summed E-state index contributed by atoms with van der Waals surface area (Å²) in [5, 5.41) is 5.25. The molecule has 32 heavy (non-hydrogen) atoms. The Bertz CT molecular complexity index is 1080. The van der Waals surface area contributed by atoms with Crippen LogP contribution in [0.25, 0.3) is 0 Å². The van der Waals surface area contributed by atoms with Crippen molar-refractivity contribution in [3.05, 3.63) is 81.0 Å². The standard InChI is InChI=1S/C25H28ClN3O2S/c1-5-17(2)29(25(31)23-11-8-14-32-23)16-18-15-19(12-13-22(18)28(3)4)27-24(30)20-9-6-7-10-21(20)26/h6-15,17H,5,16H2,1-4H3,(H,27,30)/t17-/m0/s1. The normalized spacial score (nSPS) is 11.7. The summed E-state index contributed by atoms with van der Waals surface area (Å²) in [6.07, 6.45) is 0.845. The van der Waals surface area contributed by atoms with Gasteiger partial charge in [-0.3, -0.25) is 9.59 Å². The lowest BCUT2D eigenvalue weighted by Crippen LogP contribution is -2.37. The van der Waals surface area contributed by atoms with Gasteiger partial charge in [-0.25, -0.2) is 0 Å². The summed E-state index contributed by atoms with van der Waals surface area (Å²) in [5.74, 6) is -0.253. The van der Waals surface area contributed by atoms with E-state index in [1.165, 1.54) is 11.3 Å². The van der Waals surface area contributed by atoms with Gasteiger partial charge in [-0.1, -0.05) is 36.7 Å². The molecule has 3 aromatic rings. The SMILES string of the molecule is CC[C@H](C)N(Cc1cc(NC(=O)c2ccccc2Cl)ccc1N(C)C)C(=O)c1cccs1. The lowest BCUT2D eigenvalue weighted by molar-refractivity contribution is 0.0676. The number of nitrogens with zero attached hydrogens (tertiary/aromatic N) is 2. The Hall–Kier alpha value is -2.83. The van der Waals surface area contributed by atoms with E-state index < -0.39 is 0 Å². The smallest absolute Gasteiger partial charge is 0.264 e. The number of carbonyl (C=O) groups excluding carboxylic acids is 2. The molecule has 0 bridgehead atoms. The molecule has 1 N–H and O–H groups in total. The number of hydrogen-bond donors (Lipinski definition) is 1. The molecule has 0 unspecified atom stereocenters. The first-order chi connectivity index (χ1) is 15.3. The third kappa shape index (κ3) is 5.50. The summed E-state index contributed by atoms with van der Waals surface area (Å²) in [4.78, 5) is 30.6. The number of benzene rings is 2. The topological polar surface area (TPSA) is 52.7 Å². The highest BCUT2D eigenvalue weighted by molar-refractivity contribution is 7.12. The average molecular weight is 470 g/mol. The van der Waals surface area contributed by atoms with E-state index in [1.807, 2.05) is 59.6 Å². The van der Waals surface area contributed by atoms with Crippen LogP contribution in [0.1, 0.15) is 45.9 Å². The quantitative estimate of drug-likeness (QED) is 0.429. The van der Waals surface area contributed by atoms with Crippen LogP contribution in [0.4, 0.5) is 11.4 Å². The van der Waals surface area contributed by atoms with E-state index in [2.05, 4.69) is 19.2 Å². The Morgan fingerprint density at radius 2 is 1.84 bits per heavy atom. The van der Waals surface area contributed by atoms with E-state index in [-0.39, 0.29) is 17.9 Å². The summed E-state index contributed by atoms with van der Waals surface area (Å²) < 4.78 is 0. The maximum absolute atomic E-state index is 13.2. The number of nitrogens with one attached hydrogen (secondary N) is 1. The summed E-state index contributed by atoms with van der Waals surface area (Å²) >= 11 is 7.62. The number of halogens is 1. The van der Waals surface area contributed by atoms with Gasteiger partial charge in [0.1, 0.15) is 0 Å². The second-order valence-corrected chi connectivity index (χ2v) is 9.19. The van der Waals surface area contributed by atoms with Crippen molar-refractivity contribution < 1.29 is 9.59 Å². The number of anilines is 2. The van der Waals surface area contributed by atoms with Gasteiger partial charge in [-0.2, -0.15) is 0 Å². The third-order valence-corrected chi connectivity index (χ3v) is 6.58. The van der Waals surface area contributed by atoms with Gasteiger partial charge in [0.05, 0.1) is 15.5 Å². The zero-order valence-electron chi connectivity index (χ0n) is 18.8. The summed E-state index contributed by atoms with van der Waals surface area (Å²) in [6.45, 7) is 4.57. The zero-order chi connectivity index (χ0) is 23.3. The summed E-state index contributed by atoms with van der Waals surface area (Å²) in [7, 11) is 3.94. The molecule has 3 rings (SSSR count). The van der Waals surface area contributed by atoms with Crippen LogP contribution in [-0.2, 0) is 6.54 Å². The van der Waals surface area contributed by atoms with Gasteiger partial charge < -0.3 is 15.1 Å². The molecule has 1 atom stereocenters. The van der Waals surface area contributed by atoms with Crippen LogP contribution in [0.15, 0.2) is 60.0 Å². The molecule has 1 heterocycles. The van der Waals surface area contributed by atoms with Crippen LogP contribution in [-0.4, -0.2) is 36.9 Å². The molecule has 0 aliphatic heterocycles. The molecule has 2 aromatic carbocycles. The largest absolute Gasteiger partial charge is 0.377 e. The van der Waals surface area contributed by atoms with Crippen LogP contribution in [0.3, 0.4) is 0 Å². The van der Waals surface area contributed by atoms with Crippen molar-refractivity contribution in [2.75, 3.05) is 24.3 Å². The molecule has 0 saturated heterocycles. The van der Waals surface area contributed by atoms with E-state index in [0.717, 1.165) is 22.5 Å². The minimum atomic E-state index is -0.271. The van der Waals surface area contributed by atoms with E-state index in [4.69, 9.17) is 11.6 Å². The Morgan fingerprint density at radius 1 is 1.09 bits per heavy atom. The van der Waals surface area contributed by atoms with Gasteiger partial charge in [-0.15, -0.1) is 11.3 Å². The predicted molar refractivity (Wildman–Crippen MR) is 134 cm³/mol. The number of amides is 2. The van der Waals surface area contributed by atoms with Crippen LogP contribution in [0.2, 0.25) is 5.02 Å². The molecule has 5 nitrogen and oxygen atoms in total. The highest BCUT2D eigenvalue weighted by Gasteiger charge is 2.23. The molecule has 0 spiro atoms. The van der Waals surface area contributed by atoms with Crippen molar-refractivity contribution >= 4 is 46.1 Å². The lowest BCUT2D eigenvalue weighted by atomic mass is 10.1.